The van der Waals surface area contributed by atoms with Crippen molar-refractivity contribution >= 4 is 29.7 Å². The van der Waals surface area contributed by atoms with Gasteiger partial charge >= 0.3 is 12.1 Å². The Morgan fingerprint density at radius 1 is 1.31 bits per heavy atom. The van der Waals surface area contributed by atoms with Crippen LogP contribution in [0, 0.1) is 0 Å². The first-order chi connectivity index (χ1) is 12.0. The molecule has 1 rings (SSSR count). The Labute approximate surface area is 159 Å². The Bertz CT molecular complexity index is 677. The molecule has 0 aliphatic rings. The molecule has 0 atom stereocenters. The molecule has 1 aromatic rings. The van der Waals surface area contributed by atoms with Gasteiger partial charge in [0.1, 0.15) is 11.4 Å². The molecule has 2 N–H and O–H groups in total. The van der Waals surface area contributed by atoms with Crippen LogP contribution in [0.2, 0.25) is 5.02 Å². The summed E-state index contributed by atoms with van der Waals surface area (Å²) < 4.78 is 10.8. The lowest BCUT2D eigenvalue weighted by Gasteiger charge is -2.19. The van der Waals surface area contributed by atoms with Crippen molar-refractivity contribution in [1.82, 2.24) is 5.32 Å². The minimum atomic E-state index is -1.08. The largest absolute Gasteiger partial charge is 0.490 e. The third-order valence-corrected chi connectivity index (χ3v) is 3.24. The molecule has 0 fully saturated rings. The van der Waals surface area contributed by atoms with E-state index >= 15 is 0 Å². The molecule has 0 aliphatic carbocycles. The van der Waals surface area contributed by atoms with Crippen LogP contribution in [0.5, 0.6) is 5.75 Å². The number of carbonyl (C=O) groups excluding carboxylic acids is 1. The molecule has 0 aliphatic heterocycles. The Kier molecular flexibility index (Phi) is 7.96. The number of carboxylic acids is 1. The van der Waals surface area contributed by atoms with Gasteiger partial charge in [-0.05, 0) is 65.3 Å². The van der Waals surface area contributed by atoms with Crippen molar-refractivity contribution in [1.29, 1.82) is 0 Å². The Balaban J connectivity index is 2.89. The molecule has 0 heterocycles. The van der Waals surface area contributed by atoms with Crippen molar-refractivity contribution in [2.24, 2.45) is 0 Å². The van der Waals surface area contributed by atoms with Crippen LogP contribution in [-0.2, 0) is 9.53 Å². The molecule has 6 nitrogen and oxygen atoms in total. The van der Waals surface area contributed by atoms with Gasteiger partial charge in [0.15, 0.2) is 0 Å². The van der Waals surface area contributed by atoms with E-state index in [9.17, 15) is 14.7 Å². The number of aliphatic carboxylic acids is 1. The van der Waals surface area contributed by atoms with Gasteiger partial charge in [-0.15, -0.1) is 0 Å². The van der Waals surface area contributed by atoms with Gasteiger partial charge in [-0.1, -0.05) is 11.6 Å². The third kappa shape index (κ3) is 8.25. The van der Waals surface area contributed by atoms with E-state index in [4.69, 9.17) is 21.1 Å². The van der Waals surface area contributed by atoms with E-state index in [1.165, 1.54) is 6.08 Å². The molecule has 0 saturated heterocycles. The summed E-state index contributed by atoms with van der Waals surface area (Å²) in [5.41, 5.74) is 0.0807. The SMILES string of the molecule is CC(C)Oc1ccc(Cl)cc1C=C(CCNC(=O)OC(C)(C)C)C(=O)O. The molecule has 0 saturated carbocycles. The summed E-state index contributed by atoms with van der Waals surface area (Å²) in [5, 5.41) is 12.5. The molecule has 0 spiro atoms. The molecule has 0 aromatic heterocycles. The Hall–Kier alpha value is -2.21. The van der Waals surface area contributed by atoms with Crippen molar-refractivity contribution in [3.63, 3.8) is 0 Å². The quantitative estimate of drug-likeness (QED) is 0.676. The second kappa shape index (κ2) is 9.48. The minimum Gasteiger partial charge on any atom is -0.490 e. The number of nitrogens with one attached hydrogen (secondary N) is 1. The number of carboxylic acid groups (broad SMARTS) is 1. The number of ether oxygens (including phenoxy) is 2. The maximum Gasteiger partial charge on any atom is 0.407 e. The molecule has 7 heteroatoms. The lowest BCUT2D eigenvalue weighted by atomic mass is 10.1. The highest BCUT2D eigenvalue weighted by molar-refractivity contribution is 6.30. The maximum absolute atomic E-state index is 11.7. The van der Waals surface area contributed by atoms with Crippen LogP contribution < -0.4 is 10.1 Å². The number of amides is 1. The number of hydrogen-bond acceptors (Lipinski definition) is 4. The van der Waals surface area contributed by atoms with Gasteiger partial charge in [-0.25, -0.2) is 9.59 Å². The Morgan fingerprint density at radius 3 is 2.50 bits per heavy atom. The fraction of sp³-hybridized carbons (Fsp3) is 0.474. The summed E-state index contributed by atoms with van der Waals surface area (Å²) >= 11 is 6.02. The van der Waals surface area contributed by atoms with Crippen molar-refractivity contribution in [2.75, 3.05) is 6.54 Å². The molecular formula is C19H26ClNO5. The maximum atomic E-state index is 11.7. The second-order valence-electron chi connectivity index (χ2n) is 7.00. The first-order valence-electron chi connectivity index (χ1n) is 8.35. The zero-order valence-electron chi connectivity index (χ0n) is 15.8. The van der Waals surface area contributed by atoms with E-state index < -0.39 is 17.7 Å². The topological polar surface area (TPSA) is 84.9 Å². The number of alkyl carbamates (subject to hydrolysis) is 1. The molecular weight excluding hydrogens is 358 g/mol. The summed E-state index contributed by atoms with van der Waals surface area (Å²) in [6.45, 7) is 9.16. The normalized spacial score (nSPS) is 12.0. The molecule has 0 bridgehead atoms. The molecule has 26 heavy (non-hydrogen) atoms. The van der Waals surface area contributed by atoms with Gasteiger partial charge in [0, 0.05) is 22.7 Å². The fourth-order valence-electron chi connectivity index (χ4n) is 2.04. The molecule has 1 aromatic carbocycles. The standard InChI is InChI=1S/C19H26ClNO5/c1-12(2)25-16-7-6-15(20)11-14(16)10-13(17(22)23)8-9-21-18(24)26-19(3,4)5/h6-7,10-12H,8-9H2,1-5H3,(H,21,24)(H,22,23). The smallest absolute Gasteiger partial charge is 0.407 e. The molecule has 0 radical (unpaired) electrons. The Morgan fingerprint density at radius 2 is 1.96 bits per heavy atom. The van der Waals surface area contributed by atoms with Crippen LogP contribution in [0.25, 0.3) is 6.08 Å². The number of carbonyl (C=O) groups is 2. The monoisotopic (exact) mass is 383 g/mol. The van der Waals surface area contributed by atoms with Crippen LogP contribution >= 0.6 is 11.6 Å². The zero-order valence-corrected chi connectivity index (χ0v) is 16.5. The van der Waals surface area contributed by atoms with E-state index in [0.717, 1.165) is 0 Å². The van der Waals surface area contributed by atoms with Crippen LogP contribution in [0.15, 0.2) is 23.8 Å². The predicted octanol–water partition coefficient (Wildman–Crippen LogP) is 4.51. The van der Waals surface area contributed by atoms with Crippen LogP contribution in [0.3, 0.4) is 0 Å². The number of benzene rings is 1. The summed E-state index contributed by atoms with van der Waals surface area (Å²) in [7, 11) is 0. The van der Waals surface area contributed by atoms with Gasteiger partial charge in [-0.2, -0.15) is 0 Å². The van der Waals surface area contributed by atoms with Crippen molar-refractivity contribution in [2.45, 2.75) is 52.7 Å². The van der Waals surface area contributed by atoms with Gasteiger partial charge in [0.25, 0.3) is 0 Å². The highest BCUT2D eigenvalue weighted by Crippen LogP contribution is 2.27. The predicted molar refractivity (Wildman–Crippen MR) is 102 cm³/mol. The van der Waals surface area contributed by atoms with E-state index in [1.54, 1.807) is 39.0 Å². The summed E-state index contributed by atoms with van der Waals surface area (Å²) in [6, 6.07) is 5.02. The molecule has 0 unspecified atom stereocenters. The summed E-state index contributed by atoms with van der Waals surface area (Å²) in [6.07, 6.45) is 0.976. The van der Waals surface area contributed by atoms with Crippen LogP contribution in [0.4, 0.5) is 4.79 Å². The highest BCUT2D eigenvalue weighted by Gasteiger charge is 2.16. The zero-order chi connectivity index (χ0) is 19.9. The minimum absolute atomic E-state index is 0.0644. The third-order valence-electron chi connectivity index (χ3n) is 3.00. The number of halogens is 1. The first kappa shape index (κ1) is 21.8. The second-order valence-corrected chi connectivity index (χ2v) is 7.44. The molecule has 1 amide bonds. The van der Waals surface area contributed by atoms with E-state index in [2.05, 4.69) is 5.32 Å². The van der Waals surface area contributed by atoms with E-state index in [-0.39, 0.29) is 24.6 Å². The average molecular weight is 384 g/mol. The van der Waals surface area contributed by atoms with Crippen LogP contribution in [0.1, 0.15) is 46.6 Å². The van der Waals surface area contributed by atoms with Gasteiger partial charge in [0.05, 0.1) is 6.10 Å². The van der Waals surface area contributed by atoms with Crippen molar-refractivity contribution in [3.8, 4) is 5.75 Å². The number of hydrogen-bond donors (Lipinski definition) is 2. The number of rotatable bonds is 7. The summed E-state index contributed by atoms with van der Waals surface area (Å²) in [5.74, 6) is -0.533. The lowest BCUT2D eigenvalue weighted by molar-refractivity contribution is -0.132. The molecule has 144 valence electrons. The average Bonchev–Trinajstić information content (AvgIpc) is 2.46. The van der Waals surface area contributed by atoms with Crippen LogP contribution in [-0.4, -0.2) is 35.4 Å². The van der Waals surface area contributed by atoms with Gasteiger partial charge in [0.2, 0.25) is 0 Å². The van der Waals surface area contributed by atoms with Gasteiger partial charge in [-0.3, -0.25) is 0 Å². The highest BCUT2D eigenvalue weighted by atomic mass is 35.5. The lowest BCUT2D eigenvalue weighted by Crippen LogP contribution is -2.33. The van der Waals surface area contributed by atoms with Crippen molar-refractivity contribution < 1.29 is 24.2 Å². The van der Waals surface area contributed by atoms with E-state index in [0.29, 0.717) is 16.3 Å². The summed E-state index contributed by atoms with van der Waals surface area (Å²) in [4.78, 5) is 23.2. The van der Waals surface area contributed by atoms with Crippen molar-refractivity contribution in [3.05, 3.63) is 34.4 Å². The first-order valence-corrected chi connectivity index (χ1v) is 8.72. The van der Waals surface area contributed by atoms with E-state index in [1.807, 2.05) is 13.8 Å². The van der Waals surface area contributed by atoms with Gasteiger partial charge < -0.3 is 19.9 Å². The fourth-order valence-corrected chi connectivity index (χ4v) is 2.22.